The molecule has 2 aromatic rings. The first-order chi connectivity index (χ1) is 16.9. The van der Waals surface area contributed by atoms with Crippen molar-refractivity contribution >= 4 is 25.7 Å². The Kier molecular flexibility index (Phi) is 8.83. The van der Waals surface area contributed by atoms with Gasteiger partial charge in [0.2, 0.25) is 20.0 Å². The molecule has 1 atom stereocenters. The number of hydrogen-bond donors (Lipinski definition) is 2. The first-order valence-electron chi connectivity index (χ1n) is 11.1. The fourth-order valence-corrected chi connectivity index (χ4v) is 6.01. The number of benzene rings is 2. The van der Waals surface area contributed by atoms with Gasteiger partial charge in [-0.15, -0.1) is 0 Å². The Hall–Kier alpha value is -2.45. The van der Waals surface area contributed by atoms with Crippen LogP contribution in [0.2, 0.25) is 0 Å². The van der Waals surface area contributed by atoms with Crippen LogP contribution in [0.3, 0.4) is 0 Å². The molecule has 0 aliphatic carbocycles. The van der Waals surface area contributed by atoms with Crippen LogP contribution >= 0.6 is 0 Å². The average Bonchev–Trinajstić information content (AvgIpc) is 3.33. The van der Waals surface area contributed by atoms with Crippen molar-refractivity contribution < 1.29 is 35.1 Å². The third-order valence-electron chi connectivity index (χ3n) is 5.91. The summed E-state index contributed by atoms with van der Waals surface area (Å²) in [6.07, 6.45) is -3.92. The van der Waals surface area contributed by atoms with Crippen molar-refractivity contribution in [3.63, 3.8) is 0 Å². The molecule has 2 aromatic carbocycles. The van der Waals surface area contributed by atoms with E-state index in [-0.39, 0.29) is 50.1 Å². The van der Waals surface area contributed by atoms with Gasteiger partial charge in [0.05, 0.1) is 17.1 Å². The highest BCUT2D eigenvalue weighted by atomic mass is 32.2. The zero-order chi connectivity index (χ0) is 26.6. The van der Waals surface area contributed by atoms with Crippen molar-refractivity contribution in [2.24, 2.45) is 5.92 Å². The van der Waals surface area contributed by atoms with Gasteiger partial charge in [0.1, 0.15) is 0 Å². The van der Waals surface area contributed by atoms with Crippen molar-refractivity contribution in [2.75, 3.05) is 37.7 Å². The van der Waals surface area contributed by atoms with Crippen LogP contribution in [-0.4, -0.2) is 59.0 Å². The summed E-state index contributed by atoms with van der Waals surface area (Å²) in [5, 5.41) is 10.2. The van der Waals surface area contributed by atoms with Gasteiger partial charge < -0.3 is 10.0 Å². The molecule has 0 aromatic heterocycles. The number of nitrogens with zero attached hydrogens (tertiary/aromatic N) is 2. The highest BCUT2D eigenvalue weighted by molar-refractivity contribution is 7.92. The van der Waals surface area contributed by atoms with Gasteiger partial charge in [0.25, 0.3) is 0 Å². The molecule has 1 fully saturated rings. The molecule has 36 heavy (non-hydrogen) atoms. The van der Waals surface area contributed by atoms with Crippen LogP contribution in [0.1, 0.15) is 17.5 Å². The van der Waals surface area contributed by atoms with E-state index in [4.69, 9.17) is 0 Å². The molecule has 1 saturated heterocycles. The molecule has 0 unspecified atom stereocenters. The maximum Gasteiger partial charge on any atom is 0.416 e. The van der Waals surface area contributed by atoms with Gasteiger partial charge in [-0.3, -0.25) is 0 Å². The number of aliphatic hydroxyl groups excluding tert-OH is 1. The smallest absolute Gasteiger partial charge is 0.395 e. The average molecular weight is 548 g/mol. The summed E-state index contributed by atoms with van der Waals surface area (Å²) in [6.45, 7) is 3.98. The van der Waals surface area contributed by atoms with E-state index in [1.807, 2.05) is 0 Å². The lowest BCUT2D eigenvalue weighted by molar-refractivity contribution is -0.137. The van der Waals surface area contributed by atoms with Crippen molar-refractivity contribution in [2.45, 2.75) is 24.0 Å². The molecule has 13 heteroatoms. The molecule has 3 rings (SSSR count). The summed E-state index contributed by atoms with van der Waals surface area (Å²) in [6, 6.07) is 10.8. The van der Waals surface area contributed by atoms with Crippen LogP contribution < -0.4 is 9.62 Å². The zero-order valence-corrected chi connectivity index (χ0v) is 21.0. The third-order valence-corrected chi connectivity index (χ3v) is 8.79. The minimum absolute atomic E-state index is 0.0667. The predicted octanol–water partition coefficient (Wildman–Crippen LogP) is 2.78. The highest BCUT2D eigenvalue weighted by Crippen LogP contribution is 2.30. The Morgan fingerprint density at radius 2 is 1.72 bits per heavy atom. The van der Waals surface area contributed by atoms with Crippen molar-refractivity contribution in [3.8, 4) is 0 Å². The Morgan fingerprint density at radius 1 is 1.08 bits per heavy atom. The van der Waals surface area contributed by atoms with E-state index in [0.717, 1.165) is 17.5 Å². The van der Waals surface area contributed by atoms with E-state index >= 15 is 0 Å². The van der Waals surface area contributed by atoms with E-state index in [1.54, 1.807) is 17.0 Å². The fourth-order valence-electron chi connectivity index (χ4n) is 3.89. The van der Waals surface area contributed by atoms with E-state index in [9.17, 15) is 35.1 Å². The molecular formula is C23H28F3N3O5S2. The quantitative estimate of drug-likeness (QED) is 0.448. The Bertz CT molecular complexity index is 1250. The maximum atomic E-state index is 13.1. The second kappa shape index (κ2) is 11.3. The Morgan fingerprint density at radius 3 is 2.28 bits per heavy atom. The molecule has 2 N–H and O–H groups in total. The molecule has 0 spiro atoms. The van der Waals surface area contributed by atoms with Crippen molar-refractivity contribution in [1.29, 1.82) is 0 Å². The van der Waals surface area contributed by atoms with E-state index in [1.165, 1.54) is 28.6 Å². The van der Waals surface area contributed by atoms with Crippen LogP contribution in [0.25, 0.3) is 0 Å². The molecule has 1 aliphatic rings. The number of rotatable bonds is 11. The Labute approximate surface area is 209 Å². The summed E-state index contributed by atoms with van der Waals surface area (Å²) in [5.74, 6) is -0.169. The Balaban J connectivity index is 1.69. The molecule has 198 valence electrons. The van der Waals surface area contributed by atoms with Gasteiger partial charge in [-0.05, 0) is 54.3 Å². The van der Waals surface area contributed by atoms with Crippen LogP contribution in [0.15, 0.2) is 65.4 Å². The SMILES string of the molecule is C=CS(=O)(=O)NC[C@H]1CCN(S(=O)(=O)c2ccc(N(CCO)Cc3ccc(C(F)(F)F)cc3)cc2)C1. The summed E-state index contributed by atoms with van der Waals surface area (Å²) < 4.78 is 91.3. The summed E-state index contributed by atoms with van der Waals surface area (Å²) in [4.78, 5) is 1.80. The lowest BCUT2D eigenvalue weighted by Gasteiger charge is -2.25. The number of nitrogens with one attached hydrogen (secondary N) is 1. The largest absolute Gasteiger partial charge is 0.416 e. The minimum atomic E-state index is -4.43. The lowest BCUT2D eigenvalue weighted by Crippen LogP contribution is -2.32. The second-order valence-corrected chi connectivity index (χ2v) is 12.1. The number of anilines is 1. The monoisotopic (exact) mass is 547 g/mol. The normalized spacial score (nSPS) is 17.3. The number of halogens is 3. The number of alkyl halides is 3. The summed E-state index contributed by atoms with van der Waals surface area (Å²) in [7, 11) is -7.39. The molecular weight excluding hydrogens is 519 g/mol. The van der Waals surface area contributed by atoms with Crippen molar-refractivity contribution in [1.82, 2.24) is 9.03 Å². The molecule has 8 nitrogen and oxygen atoms in total. The molecule has 1 aliphatic heterocycles. The predicted molar refractivity (Wildman–Crippen MR) is 130 cm³/mol. The molecule has 1 heterocycles. The van der Waals surface area contributed by atoms with E-state index in [2.05, 4.69) is 11.3 Å². The number of sulfonamides is 2. The first kappa shape index (κ1) is 28.1. The molecule has 0 saturated carbocycles. The summed E-state index contributed by atoms with van der Waals surface area (Å²) >= 11 is 0. The molecule has 0 bridgehead atoms. The van der Waals surface area contributed by atoms with Gasteiger partial charge in [0, 0.05) is 43.8 Å². The van der Waals surface area contributed by atoms with Crippen LogP contribution in [0.5, 0.6) is 0 Å². The third kappa shape index (κ3) is 7.07. The van der Waals surface area contributed by atoms with Gasteiger partial charge in [-0.1, -0.05) is 18.7 Å². The van der Waals surface area contributed by atoms with Crippen LogP contribution in [0, 0.1) is 5.92 Å². The minimum Gasteiger partial charge on any atom is -0.395 e. The van der Waals surface area contributed by atoms with Crippen LogP contribution in [-0.2, 0) is 32.8 Å². The highest BCUT2D eigenvalue weighted by Gasteiger charge is 2.33. The summed E-state index contributed by atoms with van der Waals surface area (Å²) in [5.41, 5.74) is 0.446. The van der Waals surface area contributed by atoms with Gasteiger partial charge in [-0.2, -0.15) is 17.5 Å². The zero-order valence-electron chi connectivity index (χ0n) is 19.4. The topological polar surface area (TPSA) is 107 Å². The number of aliphatic hydroxyl groups is 1. The number of hydrogen-bond acceptors (Lipinski definition) is 6. The standard InChI is InChI=1S/C23H28F3N3O5S2/c1-2-35(31,32)27-15-19-11-12-29(17-19)36(33,34)22-9-7-21(8-10-22)28(13-14-30)16-18-3-5-20(6-4-18)23(24,25)26/h2-10,19,27,30H,1,11-17H2/t19-/m1/s1. The maximum absolute atomic E-state index is 13.1. The lowest BCUT2D eigenvalue weighted by atomic mass is 10.1. The van der Waals surface area contributed by atoms with E-state index in [0.29, 0.717) is 17.7 Å². The van der Waals surface area contributed by atoms with Crippen molar-refractivity contribution in [3.05, 3.63) is 71.6 Å². The first-order valence-corrected chi connectivity index (χ1v) is 14.1. The molecule has 0 radical (unpaired) electrons. The van der Waals surface area contributed by atoms with E-state index < -0.39 is 31.8 Å². The second-order valence-electron chi connectivity index (χ2n) is 8.41. The van der Waals surface area contributed by atoms with Gasteiger partial charge in [0.15, 0.2) is 0 Å². The van der Waals surface area contributed by atoms with Gasteiger partial charge in [-0.25, -0.2) is 21.6 Å². The fraction of sp³-hybridized carbons (Fsp3) is 0.391. The molecule has 0 amide bonds. The van der Waals surface area contributed by atoms with Crippen LogP contribution in [0.4, 0.5) is 18.9 Å². The van der Waals surface area contributed by atoms with Gasteiger partial charge >= 0.3 is 6.18 Å².